The maximum atomic E-state index is 12.0. The lowest BCUT2D eigenvalue weighted by Gasteiger charge is -2.32. The van der Waals surface area contributed by atoms with E-state index in [1.165, 1.54) is 6.42 Å². The Labute approximate surface area is 145 Å². The molecule has 6 heteroatoms. The molecule has 1 fully saturated rings. The number of hydrogen-bond donors (Lipinski definition) is 2. The van der Waals surface area contributed by atoms with Gasteiger partial charge in [-0.15, -0.1) is 0 Å². The summed E-state index contributed by atoms with van der Waals surface area (Å²) < 4.78 is 0.841. The van der Waals surface area contributed by atoms with Crippen LogP contribution in [-0.2, 0) is 4.79 Å². The molecule has 1 aromatic rings. The summed E-state index contributed by atoms with van der Waals surface area (Å²) in [5.41, 5.74) is 0.542. The molecule has 0 radical (unpaired) electrons. The van der Waals surface area contributed by atoms with Gasteiger partial charge < -0.3 is 15.5 Å². The van der Waals surface area contributed by atoms with Crippen molar-refractivity contribution in [1.82, 2.24) is 15.5 Å². The number of nitrogens with zero attached hydrogens (tertiary/aromatic N) is 1. The van der Waals surface area contributed by atoms with Crippen LogP contribution in [0.15, 0.2) is 28.7 Å². The Morgan fingerprint density at radius 2 is 2.04 bits per heavy atom. The van der Waals surface area contributed by atoms with E-state index in [4.69, 9.17) is 0 Å². The van der Waals surface area contributed by atoms with Crippen molar-refractivity contribution in [2.75, 3.05) is 26.2 Å². The minimum atomic E-state index is -0.237. The number of hydrogen-bond acceptors (Lipinski definition) is 3. The molecule has 2 N–H and O–H groups in total. The Bertz CT molecular complexity index is 542. The molecule has 0 aromatic heterocycles. The highest BCUT2D eigenvalue weighted by Crippen LogP contribution is 2.12. The molecule has 1 aliphatic rings. The molecule has 2 rings (SSSR count). The van der Waals surface area contributed by atoms with Crippen LogP contribution in [0.5, 0.6) is 0 Å². The summed E-state index contributed by atoms with van der Waals surface area (Å²) in [6.45, 7) is 5.39. The molecule has 5 nitrogen and oxygen atoms in total. The minimum Gasteiger partial charge on any atom is -0.352 e. The average molecular weight is 382 g/mol. The largest absolute Gasteiger partial charge is 0.352 e. The van der Waals surface area contributed by atoms with Crippen LogP contribution in [0.1, 0.15) is 36.5 Å². The van der Waals surface area contributed by atoms with Gasteiger partial charge in [-0.3, -0.25) is 9.59 Å². The fourth-order valence-corrected chi connectivity index (χ4v) is 3.19. The number of halogens is 1. The summed E-state index contributed by atoms with van der Waals surface area (Å²) in [7, 11) is 0. The van der Waals surface area contributed by atoms with E-state index in [1.807, 2.05) is 6.07 Å². The molecule has 1 aliphatic heterocycles. The number of likely N-dealkylation sites (tertiary alicyclic amines) is 1. The van der Waals surface area contributed by atoms with Gasteiger partial charge >= 0.3 is 0 Å². The Morgan fingerprint density at radius 1 is 1.30 bits per heavy atom. The fraction of sp³-hybridized carbons (Fsp3) is 0.529. The molecule has 23 heavy (non-hydrogen) atoms. The first kappa shape index (κ1) is 17.9. The normalized spacial score (nSPS) is 16.1. The summed E-state index contributed by atoms with van der Waals surface area (Å²) in [4.78, 5) is 26.4. The molecule has 2 amide bonds. The molecule has 0 unspecified atom stereocenters. The van der Waals surface area contributed by atoms with Crippen LogP contribution < -0.4 is 10.6 Å². The number of carbonyl (C=O) groups is 2. The van der Waals surface area contributed by atoms with Crippen LogP contribution in [0.25, 0.3) is 0 Å². The Kier molecular flexibility index (Phi) is 7.05. The topological polar surface area (TPSA) is 61.4 Å². The summed E-state index contributed by atoms with van der Waals surface area (Å²) >= 11 is 3.33. The van der Waals surface area contributed by atoms with E-state index in [0.717, 1.165) is 36.9 Å². The van der Waals surface area contributed by atoms with Gasteiger partial charge in [0.25, 0.3) is 5.91 Å². The number of amides is 2. The number of piperidine rings is 1. The van der Waals surface area contributed by atoms with E-state index < -0.39 is 0 Å². The third-order valence-electron chi connectivity index (χ3n) is 3.99. The van der Waals surface area contributed by atoms with Gasteiger partial charge in [0.05, 0.1) is 6.54 Å². The van der Waals surface area contributed by atoms with E-state index in [2.05, 4.69) is 38.4 Å². The van der Waals surface area contributed by atoms with Crippen LogP contribution >= 0.6 is 15.9 Å². The van der Waals surface area contributed by atoms with E-state index in [9.17, 15) is 9.59 Å². The monoisotopic (exact) mass is 381 g/mol. The van der Waals surface area contributed by atoms with E-state index in [0.29, 0.717) is 5.56 Å². The zero-order valence-corrected chi connectivity index (χ0v) is 15.1. The average Bonchev–Trinajstić information content (AvgIpc) is 2.55. The summed E-state index contributed by atoms with van der Waals surface area (Å²) in [5, 5.41) is 5.67. The minimum absolute atomic E-state index is 0.0144. The Hall–Kier alpha value is -1.40. The SMILES string of the molecule is CCCN1CCC(NC(=O)CNC(=O)c2cccc(Br)c2)CC1. The molecule has 1 saturated heterocycles. The number of benzene rings is 1. The first-order valence-electron chi connectivity index (χ1n) is 8.14. The van der Waals surface area contributed by atoms with Crippen molar-refractivity contribution in [3.8, 4) is 0 Å². The molecule has 1 heterocycles. The smallest absolute Gasteiger partial charge is 0.251 e. The van der Waals surface area contributed by atoms with Crippen molar-refractivity contribution < 1.29 is 9.59 Å². The molecule has 0 bridgehead atoms. The third kappa shape index (κ3) is 5.95. The first-order valence-corrected chi connectivity index (χ1v) is 8.93. The van der Waals surface area contributed by atoms with Crippen LogP contribution in [0.3, 0.4) is 0 Å². The second-order valence-corrected chi connectivity index (χ2v) is 6.79. The summed E-state index contributed by atoms with van der Waals surface area (Å²) in [6.07, 6.45) is 3.12. The van der Waals surface area contributed by atoms with Crippen LogP contribution in [-0.4, -0.2) is 48.9 Å². The van der Waals surface area contributed by atoms with Gasteiger partial charge in [-0.1, -0.05) is 28.9 Å². The molecule has 0 spiro atoms. The van der Waals surface area contributed by atoms with E-state index in [1.54, 1.807) is 18.2 Å². The van der Waals surface area contributed by atoms with Gasteiger partial charge in [0, 0.05) is 29.2 Å². The standard InChI is InChI=1S/C17H24BrN3O2/c1-2-8-21-9-6-15(7-10-21)20-16(22)12-19-17(23)13-4-3-5-14(18)11-13/h3-5,11,15H,2,6-10,12H2,1H3,(H,19,23)(H,20,22). The highest BCUT2D eigenvalue weighted by Gasteiger charge is 2.20. The lowest BCUT2D eigenvalue weighted by atomic mass is 10.0. The zero-order valence-electron chi connectivity index (χ0n) is 13.5. The van der Waals surface area contributed by atoms with Crippen molar-refractivity contribution in [3.05, 3.63) is 34.3 Å². The molecular weight excluding hydrogens is 358 g/mol. The van der Waals surface area contributed by atoms with Gasteiger partial charge in [0.1, 0.15) is 0 Å². The maximum Gasteiger partial charge on any atom is 0.251 e. The Balaban J connectivity index is 1.70. The van der Waals surface area contributed by atoms with Gasteiger partial charge in [-0.2, -0.15) is 0 Å². The van der Waals surface area contributed by atoms with E-state index in [-0.39, 0.29) is 24.4 Å². The van der Waals surface area contributed by atoms with Crippen molar-refractivity contribution in [1.29, 1.82) is 0 Å². The first-order chi connectivity index (χ1) is 11.1. The lowest BCUT2D eigenvalue weighted by molar-refractivity contribution is -0.121. The van der Waals surface area contributed by atoms with Gasteiger partial charge in [0.15, 0.2) is 0 Å². The highest BCUT2D eigenvalue weighted by molar-refractivity contribution is 9.10. The fourth-order valence-electron chi connectivity index (χ4n) is 2.79. The highest BCUT2D eigenvalue weighted by atomic mass is 79.9. The summed E-state index contributed by atoms with van der Waals surface area (Å²) in [6, 6.07) is 7.33. The van der Waals surface area contributed by atoms with E-state index >= 15 is 0 Å². The van der Waals surface area contributed by atoms with Crippen molar-refractivity contribution in [2.45, 2.75) is 32.2 Å². The maximum absolute atomic E-state index is 12.0. The third-order valence-corrected chi connectivity index (χ3v) is 4.48. The zero-order chi connectivity index (χ0) is 16.7. The van der Waals surface area contributed by atoms with Crippen molar-refractivity contribution in [3.63, 3.8) is 0 Å². The quantitative estimate of drug-likeness (QED) is 0.793. The lowest BCUT2D eigenvalue weighted by Crippen LogP contribution is -2.47. The molecule has 1 aromatic carbocycles. The van der Waals surface area contributed by atoms with Crippen LogP contribution in [0, 0.1) is 0 Å². The van der Waals surface area contributed by atoms with Crippen LogP contribution in [0.4, 0.5) is 0 Å². The number of rotatable bonds is 6. The van der Waals surface area contributed by atoms with Gasteiger partial charge in [-0.05, 0) is 44.0 Å². The molecule has 126 valence electrons. The van der Waals surface area contributed by atoms with Crippen molar-refractivity contribution >= 4 is 27.7 Å². The molecular formula is C17H24BrN3O2. The van der Waals surface area contributed by atoms with Gasteiger partial charge in [0.2, 0.25) is 5.91 Å². The molecule has 0 atom stereocenters. The summed E-state index contributed by atoms with van der Waals surface area (Å²) in [5.74, 6) is -0.360. The Morgan fingerprint density at radius 3 is 2.70 bits per heavy atom. The predicted octanol–water partition coefficient (Wildman–Crippen LogP) is 2.17. The van der Waals surface area contributed by atoms with Gasteiger partial charge in [-0.25, -0.2) is 0 Å². The van der Waals surface area contributed by atoms with Crippen molar-refractivity contribution in [2.24, 2.45) is 0 Å². The number of carbonyl (C=O) groups excluding carboxylic acids is 2. The molecule has 0 saturated carbocycles. The number of nitrogens with one attached hydrogen (secondary N) is 2. The predicted molar refractivity (Wildman–Crippen MR) is 94.4 cm³/mol. The molecule has 0 aliphatic carbocycles. The second kappa shape index (κ2) is 9.03. The van der Waals surface area contributed by atoms with Crippen LogP contribution in [0.2, 0.25) is 0 Å². The second-order valence-electron chi connectivity index (χ2n) is 5.88.